The van der Waals surface area contributed by atoms with Crippen molar-refractivity contribution >= 4 is 11.8 Å². The van der Waals surface area contributed by atoms with Crippen LogP contribution in [-0.2, 0) is 12.7 Å². The van der Waals surface area contributed by atoms with Crippen LogP contribution in [0.5, 0.6) is 0 Å². The lowest BCUT2D eigenvalue weighted by molar-refractivity contribution is -0.137. The summed E-state index contributed by atoms with van der Waals surface area (Å²) in [6, 6.07) is 14.6. The second-order valence-electron chi connectivity index (χ2n) is 8.76. The highest BCUT2D eigenvalue weighted by Crippen LogP contribution is 2.30. The Bertz CT molecular complexity index is 1560. The third kappa shape index (κ3) is 5.36. The van der Waals surface area contributed by atoms with Gasteiger partial charge < -0.3 is 10.2 Å². The zero-order valence-electron chi connectivity index (χ0n) is 20.8. The molecule has 0 radical (unpaired) electrons. The van der Waals surface area contributed by atoms with Gasteiger partial charge in [0, 0.05) is 43.8 Å². The molecule has 1 N–H and O–H groups in total. The summed E-state index contributed by atoms with van der Waals surface area (Å²) in [5, 5.41) is 6.90. The quantitative estimate of drug-likeness (QED) is 0.414. The molecule has 0 aliphatic rings. The van der Waals surface area contributed by atoms with Gasteiger partial charge in [0.2, 0.25) is 0 Å². The second kappa shape index (κ2) is 10.4. The van der Waals surface area contributed by atoms with Crippen LogP contribution in [-0.4, -0.2) is 45.2 Å². The molecule has 0 atom stereocenters. The van der Waals surface area contributed by atoms with Gasteiger partial charge in [-0.15, -0.1) is 0 Å². The number of para-hydroxylation sites is 1. The van der Waals surface area contributed by atoms with Crippen molar-refractivity contribution in [2.45, 2.75) is 19.6 Å². The van der Waals surface area contributed by atoms with Gasteiger partial charge in [-0.3, -0.25) is 19.0 Å². The van der Waals surface area contributed by atoms with Crippen molar-refractivity contribution < 1.29 is 22.8 Å². The topological polar surface area (TPSA) is 89.2 Å². The van der Waals surface area contributed by atoms with Gasteiger partial charge in [-0.2, -0.15) is 18.3 Å². The predicted molar refractivity (Wildman–Crippen MR) is 135 cm³/mol. The van der Waals surface area contributed by atoms with E-state index in [1.807, 2.05) is 30.3 Å². The molecule has 11 heteroatoms. The van der Waals surface area contributed by atoms with E-state index in [4.69, 9.17) is 0 Å². The number of benzene rings is 2. The first-order valence-corrected chi connectivity index (χ1v) is 11.5. The van der Waals surface area contributed by atoms with Gasteiger partial charge in [0.15, 0.2) is 0 Å². The van der Waals surface area contributed by atoms with Gasteiger partial charge in [-0.05, 0) is 43.3 Å². The Labute approximate surface area is 215 Å². The van der Waals surface area contributed by atoms with Crippen LogP contribution in [0.3, 0.4) is 0 Å². The average Bonchev–Trinajstić information content (AvgIpc) is 3.36. The Morgan fingerprint density at radius 2 is 1.66 bits per heavy atom. The van der Waals surface area contributed by atoms with Crippen LogP contribution in [0, 0.1) is 6.92 Å². The number of carbonyl (C=O) groups is 2. The Balaban J connectivity index is 1.72. The van der Waals surface area contributed by atoms with Crippen LogP contribution in [0.2, 0.25) is 0 Å². The van der Waals surface area contributed by atoms with E-state index in [1.165, 1.54) is 38.1 Å². The summed E-state index contributed by atoms with van der Waals surface area (Å²) in [5.74, 6) is -1.29. The van der Waals surface area contributed by atoms with Crippen molar-refractivity contribution in [2.24, 2.45) is 0 Å². The van der Waals surface area contributed by atoms with Crippen LogP contribution in [0.4, 0.5) is 13.2 Å². The molecule has 2 amide bonds. The third-order valence-corrected chi connectivity index (χ3v) is 5.87. The molecule has 0 unspecified atom stereocenters. The third-order valence-electron chi connectivity index (χ3n) is 5.87. The SMILES string of the molecule is Cc1c(C(=O)N(C)C)cc(C(=O)NCc2cnn(-c3ccccc3)c2)c(=O)n1-c1cccc(C(F)(F)F)c1. The molecule has 0 saturated carbocycles. The van der Waals surface area contributed by atoms with Gasteiger partial charge in [-0.25, -0.2) is 4.68 Å². The number of amides is 2. The molecular formula is C27H24F3N5O3. The van der Waals surface area contributed by atoms with Crippen molar-refractivity contribution in [2.75, 3.05) is 14.1 Å². The Morgan fingerprint density at radius 3 is 2.32 bits per heavy atom. The van der Waals surface area contributed by atoms with Crippen molar-refractivity contribution in [1.29, 1.82) is 0 Å². The van der Waals surface area contributed by atoms with Crippen molar-refractivity contribution in [3.8, 4) is 11.4 Å². The van der Waals surface area contributed by atoms with Crippen LogP contribution in [0.15, 0.2) is 77.9 Å². The van der Waals surface area contributed by atoms with E-state index in [9.17, 15) is 27.6 Å². The first-order chi connectivity index (χ1) is 18.0. The predicted octanol–water partition coefficient (Wildman–Crippen LogP) is 3.98. The zero-order chi connectivity index (χ0) is 27.6. The van der Waals surface area contributed by atoms with Gasteiger partial charge in [0.05, 0.1) is 23.0 Å². The van der Waals surface area contributed by atoms with Crippen LogP contribution in [0.25, 0.3) is 11.4 Å². The van der Waals surface area contributed by atoms with Crippen LogP contribution < -0.4 is 10.9 Å². The summed E-state index contributed by atoms with van der Waals surface area (Å²) in [6.45, 7) is 1.47. The molecule has 2 heterocycles. The Kier molecular flexibility index (Phi) is 7.20. The highest BCUT2D eigenvalue weighted by Gasteiger charge is 2.31. The molecule has 4 aromatic rings. The fraction of sp³-hybridized carbons (Fsp3) is 0.185. The first-order valence-electron chi connectivity index (χ1n) is 11.5. The van der Waals surface area contributed by atoms with Gasteiger partial charge in [-0.1, -0.05) is 24.3 Å². The maximum absolute atomic E-state index is 13.4. The fourth-order valence-electron chi connectivity index (χ4n) is 3.91. The summed E-state index contributed by atoms with van der Waals surface area (Å²) in [6.07, 6.45) is -1.37. The monoisotopic (exact) mass is 523 g/mol. The number of aromatic nitrogens is 3. The van der Waals surface area contributed by atoms with E-state index < -0.39 is 29.1 Å². The van der Waals surface area contributed by atoms with Gasteiger partial charge in [0.1, 0.15) is 5.56 Å². The molecule has 0 aliphatic heterocycles. The summed E-state index contributed by atoms with van der Waals surface area (Å²) < 4.78 is 42.7. The molecule has 0 bridgehead atoms. The minimum absolute atomic E-state index is 0.00839. The van der Waals surface area contributed by atoms with Crippen molar-refractivity contribution in [1.82, 2.24) is 24.6 Å². The molecule has 0 aliphatic carbocycles. The number of rotatable bonds is 6. The molecule has 8 nitrogen and oxygen atoms in total. The maximum atomic E-state index is 13.4. The second-order valence-corrected chi connectivity index (χ2v) is 8.76. The smallest absolute Gasteiger partial charge is 0.348 e. The summed E-state index contributed by atoms with van der Waals surface area (Å²) in [4.78, 5) is 40.7. The number of alkyl halides is 3. The molecule has 2 aromatic carbocycles. The Hall–Kier alpha value is -4.67. The minimum atomic E-state index is -4.64. The molecule has 4 rings (SSSR count). The van der Waals surface area contributed by atoms with Crippen LogP contribution in [0.1, 0.15) is 37.5 Å². The Morgan fingerprint density at radius 1 is 0.974 bits per heavy atom. The number of hydrogen-bond donors (Lipinski definition) is 1. The molecule has 0 fully saturated rings. The van der Waals surface area contributed by atoms with Crippen molar-refractivity contribution in [3.05, 3.63) is 111 Å². The molecule has 0 saturated heterocycles. The normalized spacial score (nSPS) is 11.3. The molecule has 38 heavy (non-hydrogen) atoms. The van der Waals surface area contributed by atoms with E-state index in [1.54, 1.807) is 17.1 Å². The largest absolute Gasteiger partial charge is 0.416 e. The zero-order valence-corrected chi connectivity index (χ0v) is 20.8. The van der Waals surface area contributed by atoms with E-state index >= 15 is 0 Å². The van der Waals surface area contributed by atoms with Crippen molar-refractivity contribution in [3.63, 3.8) is 0 Å². The number of hydrogen-bond acceptors (Lipinski definition) is 4. The van der Waals surface area contributed by atoms with E-state index in [0.717, 1.165) is 28.5 Å². The maximum Gasteiger partial charge on any atom is 0.416 e. The number of halogens is 3. The van der Waals surface area contributed by atoms with Gasteiger partial charge in [0.25, 0.3) is 17.4 Å². The lowest BCUT2D eigenvalue weighted by atomic mass is 10.1. The standard InChI is InChI=1S/C27H24F3N5O3/c1-17-22(25(37)33(2)3)13-23(26(38)35(17)21-11-7-8-19(12-21)27(28,29)30)24(36)31-14-18-15-32-34(16-18)20-9-5-4-6-10-20/h4-13,15-16H,14H2,1-3H3,(H,31,36). The number of nitrogens with one attached hydrogen (secondary N) is 1. The van der Waals surface area contributed by atoms with E-state index in [0.29, 0.717) is 5.56 Å². The van der Waals surface area contributed by atoms with Crippen LogP contribution >= 0.6 is 0 Å². The lowest BCUT2D eigenvalue weighted by Gasteiger charge is -2.19. The highest BCUT2D eigenvalue weighted by atomic mass is 19.4. The summed E-state index contributed by atoms with van der Waals surface area (Å²) in [7, 11) is 2.98. The van der Waals surface area contributed by atoms with E-state index in [2.05, 4.69) is 10.4 Å². The summed E-state index contributed by atoms with van der Waals surface area (Å²) in [5.41, 5.74) is -0.733. The number of nitrogens with zero attached hydrogens (tertiary/aromatic N) is 4. The lowest BCUT2D eigenvalue weighted by Crippen LogP contribution is -2.35. The van der Waals surface area contributed by atoms with Gasteiger partial charge >= 0.3 is 6.18 Å². The first kappa shape index (κ1) is 26.4. The number of pyridine rings is 1. The molecule has 2 aromatic heterocycles. The number of carbonyl (C=O) groups excluding carboxylic acids is 2. The molecule has 0 spiro atoms. The minimum Gasteiger partial charge on any atom is -0.348 e. The molecular weight excluding hydrogens is 499 g/mol. The molecule has 196 valence electrons. The highest BCUT2D eigenvalue weighted by molar-refractivity contribution is 6.00. The summed E-state index contributed by atoms with van der Waals surface area (Å²) >= 11 is 0. The average molecular weight is 524 g/mol. The fourth-order valence-corrected chi connectivity index (χ4v) is 3.91. The van der Waals surface area contributed by atoms with E-state index in [-0.39, 0.29) is 29.1 Å².